The normalized spacial score (nSPS) is 12.5. The Hall–Kier alpha value is -5.76. The molecular weight excluding hydrogens is 796 g/mol. The molecule has 3 aromatic carbocycles. The van der Waals surface area contributed by atoms with Crippen molar-refractivity contribution in [1.29, 1.82) is 5.41 Å². The maximum atomic E-state index is 16.7. The standard InChI is InChI=1S/C38H43F5N6O8S/c1-22-30(31-24(17-18-29(56-8)32(31)40)19-46(7)34(44)45(5)6)33(50)48(35(51)47(22)20-25-26(38(41,42)43)15-12-16-27(25)39)21-28(23-13-10-9-11-14-23)49(58(53,54)55)36(52)57-37(2,3)4/h9-18,28,44H,19-21H2,1-8H3,(H,53,54,55)/t28-/m0/s1. The van der Waals surface area contributed by atoms with Crippen LogP contribution in [-0.2, 0) is 40.9 Å². The third-order valence-corrected chi connectivity index (χ3v) is 9.83. The molecular formula is C38H43F5N6O8S. The molecule has 14 nitrogen and oxygen atoms in total. The van der Waals surface area contributed by atoms with Gasteiger partial charge in [-0.05, 0) is 57.0 Å². The third kappa shape index (κ3) is 9.67. The van der Waals surface area contributed by atoms with Crippen LogP contribution in [0.4, 0.5) is 26.7 Å². The van der Waals surface area contributed by atoms with Crippen LogP contribution in [0.25, 0.3) is 11.1 Å². The molecule has 4 rings (SSSR count). The van der Waals surface area contributed by atoms with Gasteiger partial charge in [0, 0.05) is 44.5 Å². The molecule has 1 amide bonds. The molecule has 0 radical (unpaired) electrons. The second-order valence-electron chi connectivity index (χ2n) is 14.4. The molecule has 1 atom stereocenters. The first-order valence-electron chi connectivity index (χ1n) is 17.4. The molecule has 58 heavy (non-hydrogen) atoms. The predicted octanol–water partition coefficient (Wildman–Crippen LogP) is 6.05. The number of guanidine groups is 1. The minimum Gasteiger partial charge on any atom is -0.494 e. The number of hydrogen-bond donors (Lipinski definition) is 2. The van der Waals surface area contributed by atoms with Crippen molar-refractivity contribution in [3.05, 3.63) is 121 Å². The van der Waals surface area contributed by atoms with E-state index in [4.69, 9.17) is 14.9 Å². The highest BCUT2D eigenvalue weighted by Gasteiger charge is 2.40. The number of methoxy groups -OCH3 is 1. The molecule has 1 heterocycles. The van der Waals surface area contributed by atoms with E-state index in [1.54, 1.807) is 14.1 Å². The number of carbonyl (C=O) groups is 1. The van der Waals surface area contributed by atoms with E-state index in [1.165, 1.54) is 80.1 Å². The van der Waals surface area contributed by atoms with E-state index in [0.29, 0.717) is 15.2 Å². The summed E-state index contributed by atoms with van der Waals surface area (Å²) < 4.78 is 123. The second kappa shape index (κ2) is 17.0. The van der Waals surface area contributed by atoms with Crippen LogP contribution in [0.5, 0.6) is 5.75 Å². The summed E-state index contributed by atoms with van der Waals surface area (Å²) in [6.45, 7) is 2.78. The van der Waals surface area contributed by atoms with E-state index >= 15 is 8.78 Å². The highest BCUT2D eigenvalue weighted by Crippen LogP contribution is 2.36. The Labute approximate surface area is 331 Å². The molecule has 0 aliphatic rings. The summed E-state index contributed by atoms with van der Waals surface area (Å²) >= 11 is 0. The number of benzene rings is 3. The first-order valence-corrected chi connectivity index (χ1v) is 18.8. The number of amides is 1. The van der Waals surface area contributed by atoms with Gasteiger partial charge in [0.05, 0.1) is 37.4 Å². The van der Waals surface area contributed by atoms with Crippen molar-refractivity contribution < 1.29 is 49.2 Å². The molecule has 20 heteroatoms. The Morgan fingerprint density at radius 3 is 2.09 bits per heavy atom. The van der Waals surface area contributed by atoms with Gasteiger partial charge in [0.25, 0.3) is 5.56 Å². The van der Waals surface area contributed by atoms with Crippen LogP contribution < -0.4 is 16.0 Å². The van der Waals surface area contributed by atoms with Gasteiger partial charge < -0.3 is 19.3 Å². The van der Waals surface area contributed by atoms with Gasteiger partial charge in [-0.3, -0.25) is 23.9 Å². The Balaban J connectivity index is 2.19. The van der Waals surface area contributed by atoms with Crippen LogP contribution in [0.3, 0.4) is 0 Å². The number of nitrogens with zero attached hydrogens (tertiary/aromatic N) is 5. The highest BCUT2D eigenvalue weighted by molar-refractivity contribution is 7.84. The predicted molar refractivity (Wildman–Crippen MR) is 204 cm³/mol. The van der Waals surface area contributed by atoms with Crippen LogP contribution in [0.2, 0.25) is 0 Å². The first-order chi connectivity index (χ1) is 26.8. The Morgan fingerprint density at radius 2 is 1.55 bits per heavy atom. The second-order valence-corrected chi connectivity index (χ2v) is 15.7. The van der Waals surface area contributed by atoms with Crippen LogP contribution in [0.15, 0.2) is 70.3 Å². The Bertz CT molecular complexity index is 2430. The Morgan fingerprint density at radius 1 is 0.931 bits per heavy atom. The van der Waals surface area contributed by atoms with Gasteiger partial charge in [-0.25, -0.2) is 18.4 Å². The molecule has 0 unspecified atom stereocenters. The summed E-state index contributed by atoms with van der Waals surface area (Å²) in [5.74, 6) is -2.98. The maximum absolute atomic E-state index is 16.7. The SMILES string of the molecule is COc1ccc(CN(C)C(=N)N(C)C)c(-c2c(C)n(Cc3c(F)cccc3C(F)(F)F)c(=O)n(C[C@@H](c3ccccc3)N(C(=O)OC(C)(C)C)S(=O)(=O)O)c2=O)c1F. The summed E-state index contributed by atoms with van der Waals surface area (Å²) in [4.78, 5) is 45.7. The average molecular weight is 839 g/mol. The van der Waals surface area contributed by atoms with E-state index < -0.39 is 104 Å². The van der Waals surface area contributed by atoms with Crippen molar-refractivity contribution in [3.8, 4) is 16.9 Å². The van der Waals surface area contributed by atoms with E-state index in [9.17, 15) is 40.5 Å². The van der Waals surface area contributed by atoms with Gasteiger partial charge in [0.15, 0.2) is 17.5 Å². The van der Waals surface area contributed by atoms with E-state index in [2.05, 4.69) is 0 Å². The average Bonchev–Trinajstić information content (AvgIpc) is 3.11. The van der Waals surface area contributed by atoms with Gasteiger partial charge in [-0.15, -0.1) is 0 Å². The highest BCUT2D eigenvalue weighted by atomic mass is 32.2. The largest absolute Gasteiger partial charge is 0.494 e. The van der Waals surface area contributed by atoms with Crippen LogP contribution in [-0.4, -0.2) is 82.1 Å². The molecule has 2 N–H and O–H groups in total. The number of nitrogens with one attached hydrogen (secondary N) is 1. The Kier molecular flexibility index (Phi) is 13.2. The number of alkyl halides is 3. The molecule has 0 fully saturated rings. The summed E-state index contributed by atoms with van der Waals surface area (Å²) in [5.41, 5.74) is -8.18. The fraction of sp³-hybridized carbons (Fsp3) is 0.368. The van der Waals surface area contributed by atoms with E-state index in [-0.39, 0.29) is 27.9 Å². The summed E-state index contributed by atoms with van der Waals surface area (Å²) in [5, 5.41) is 8.42. The van der Waals surface area contributed by atoms with Crippen LogP contribution in [0, 0.1) is 24.0 Å². The van der Waals surface area contributed by atoms with Gasteiger partial charge in [0.1, 0.15) is 11.4 Å². The number of rotatable bonds is 11. The lowest BCUT2D eigenvalue weighted by Crippen LogP contribution is -2.48. The lowest BCUT2D eigenvalue weighted by molar-refractivity contribution is -0.138. The quantitative estimate of drug-likeness (QED) is 0.0786. The van der Waals surface area contributed by atoms with Crippen LogP contribution >= 0.6 is 0 Å². The van der Waals surface area contributed by atoms with Crippen molar-refractivity contribution in [2.45, 2.75) is 65.1 Å². The molecule has 0 aliphatic heterocycles. The molecule has 0 saturated heterocycles. The minimum atomic E-state index is -5.58. The smallest absolute Gasteiger partial charge is 0.426 e. The zero-order chi connectivity index (χ0) is 43.7. The van der Waals surface area contributed by atoms with Gasteiger partial charge in [0.2, 0.25) is 0 Å². The maximum Gasteiger partial charge on any atom is 0.426 e. The lowest BCUT2D eigenvalue weighted by atomic mass is 9.97. The minimum absolute atomic E-state index is 0.0270. The number of carbonyl (C=O) groups excluding carboxylic acids is 1. The summed E-state index contributed by atoms with van der Waals surface area (Å²) in [6.07, 6.45) is -6.75. The van der Waals surface area contributed by atoms with Crippen molar-refractivity contribution in [2.75, 3.05) is 28.3 Å². The lowest BCUT2D eigenvalue weighted by Gasteiger charge is -2.31. The number of ether oxygens (including phenoxy) is 2. The van der Waals surface area contributed by atoms with Crippen molar-refractivity contribution >= 4 is 22.4 Å². The third-order valence-electron chi connectivity index (χ3n) is 8.93. The topological polar surface area (TPSA) is 167 Å². The first kappa shape index (κ1) is 44.9. The monoisotopic (exact) mass is 838 g/mol. The molecule has 0 spiro atoms. The van der Waals surface area contributed by atoms with Gasteiger partial charge in [-0.1, -0.05) is 42.5 Å². The number of aromatic nitrogens is 2. The van der Waals surface area contributed by atoms with E-state index in [0.717, 1.165) is 26.2 Å². The number of halogens is 5. The van der Waals surface area contributed by atoms with E-state index in [1.807, 2.05) is 0 Å². The fourth-order valence-electron chi connectivity index (χ4n) is 6.26. The molecule has 0 aliphatic carbocycles. The van der Waals surface area contributed by atoms with Crippen LogP contribution in [0.1, 0.15) is 54.8 Å². The van der Waals surface area contributed by atoms with Crippen molar-refractivity contribution in [3.63, 3.8) is 0 Å². The van der Waals surface area contributed by atoms with Gasteiger partial charge in [-0.2, -0.15) is 25.9 Å². The fourth-order valence-corrected chi connectivity index (χ4v) is 7.00. The zero-order valence-corrected chi connectivity index (χ0v) is 33.6. The molecule has 4 aromatic rings. The van der Waals surface area contributed by atoms with Crippen molar-refractivity contribution in [1.82, 2.24) is 23.2 Å². The molecule has 1 aromatic heterocycles. The molecule has 0 bridgehead atoms. The summed E-state index contributed by atoms with van der Waals surface area (Å²) in [7, 11) is 0.175. The molecule has 314 valence electrons. The number of hydrogen-bond acceptors (Lipinski definition) is 8. The van der Waals surface area contributed by atoms with Gasteiger partial charge >= 0.3 is 28.3 Å². The molecule has 0 saturated carbocycles. The van der Waals surface area contributed by atoms with Crippen molar-refractivity contribution in [2.24, 2.45) is 0 Å². The zero-order valence-electron chi connectivity index (χ0n) is 32.8. The summed E-state index contributed by atoms with van der Waals surface area (Å²) in [6, 6.07) is 9.72.